The molecule has 29 heavy (non-hydrogen) atoms. The Labute approximate surface area is 168 Å². The first kappa shape index (κ1) is 17.9. The molecule has 0 unspecified atom stereocenters. The van der Waals surface area contributed by atoms with Gasteiger partial charge in [0.2, 0.25) is 0 Å². The van der Waals surface area contributed by atoms with Crippen molar-refractivity contribution in [2.75, 3.05) is 36.0 Å². The highest BCUT2D eigenvalue weighted by atomic mass is 16.1. The maximum Gasteiger partial charge on any atom is 0.293 e. The number of hydrogen-bond donors (Lipinski definition) is 0. The molecule has 1 saturated heterocycles. The van der Waals surface area contributed by atoms with Crippen molar-refractivity contribution in [1.29, 1.82) is 0 Å². The highest BCUT2D eigenvalue weighted by molar-refractivity contribution is 5.81. The van der Waals surface area contributed by atoms with Crippen LogP contribution in [0.3, 0.4) is 0 Å². The molecule has 2 aliphatic rings. The lowest BCUT2D eigenvalue weighted by Crippen LogP contribution is -2.48. The summed E-state index contributed by atoms with van der Waals surface area (Å²) in [5.74, 6) is 1.20. The zero-order valence-corrected chi connectivity index (χ0v) is 16.5. The lowest BCUT2D eigenvalue weighted by Gasteiger charge is -2.36. The number of fused-ring (bicyclic) bond motifs is 1. The minimum Gasteiger partial charge on any atom is -0.368 e. The molecule has 1 saturated carbocycles. The maximum absolute atomic E-state index is 12.8. The zero-order chi connectivity index (χ0) is 20.0. The van der Waals surface area contributed by atoms with Crippen LogP contribution in [0, 0.1) is 5.92 Å². The van der Waals surface area contributed by atoms with Crippen LogP contribution in [0.4, 0.5) is 11.5 Å². The van der Waals surface area contributed by atoms with Crippen molar-refractivity contribution in [1.82, 2.24) is 19.1 Å². The minimum absolute atomic E-state index is 0.0126. The maximum atomic E-state index is 12.8. The van der Waals surface area contributed by atoms with E-state index in [-0.39, 0.29) is 11.1 Å². The highest BCUT2D eigenvalue weighted by Crippen LogP contribution is 2.30. The van der Waals surface area contributed by atoms with Crippen molar-refractivity contribution in [3.63, 3.8) is 0 Å². The Morgan fingerprint density at radius 3 is 2.52 bits per heavy atom. The van der Waals surface area contributed by atoms with E-state index in [9.17, 15) is 9.59 Å². The van der Waals surface area contributed by atoms with Crippen molar-refractivity contribution in [3.05, 3.63) is 57.6 Å². The van der Waals surface area contributed by atoms with Gasteiger partial charge in [-0.2, -0.15) is 0 Å². The van der Waals surface area contributed by atoms with Gasteiger partial charge in [-0.15, -0.1) is 0 Å². The number of nitrogens with zero attached hydrogens (tertiary/aromatic N) is 6. The molecule has 0 atom stereocenters. The Kier molecular flexibility index (Phi) is 4.34. The molecule has 1 aliphatic heterocycles. The smallest absolute Gasteiger partial charge is 0.293 e. The van der Waals surface area contributed by atoms with E-state index in [1.807, 2.05) is 22.8 Å². The van der Waals surface area contributed by atoms with Crippen LogP contribution in [-0.2, 0) is 13.6 Å². The van der Waals surface area contributed by atoms with E-state index in [0.29, 0.717) is 22.6 Å². The predicted molar refractivity (Wildman–Crippen MR) is 113 cm³/mol. The van der Waals surface area contributed by atoms with Crippen molar-refractivity contribution in [2.45, 2.75) is 19.4 Å². The number of aromatic nitrogens is 4. The van der Waals surface area contributed by atoms with Gasteiger partial charge in [-0.25, -0.2) is 9.97 Å². The monoisotopic (exact) mass is 392 g/mol. The summed E-state index contributed by atoms with van der Waals surface area (Å²) in [6.45, 7) is 3.84. The SMILES string of the molecule is Cn1cnc2cc(N3CCN(c4nccn(CC5CC5)c4=O)CC3)ccc2c1=O. The third-order valence-electron chi connectivity index (χ3n) is 5.89. The normalized spacial score (nSPS) is 17.1. The number of rotatable bonds is 4. The van der Waals surface area contributed by atoms with E-state index < -0.39 is 0 Å². The summed E-state index contributed by atoms with van der Waals surface area (Å²) in [7, 11) is 1.71. The summed E-state index contributed by atoms with van der Waals surface area (Å²) < 4.78 is 3.30. The molecule has 0 N–H and O–H groups in total. The van der Waals surface area contributed by atoms with E-state index in [4.69, 9.17) is 0 Å². The van der Waals surface area contributed by atoms with Gasteiger partial charge in [0.05, 0.1) is 17.2 Å². The second kappa shape index (κ2) is 7.02. The summed E-state index contributed by atoms with van der Waals surface area (Å²) in [6.07, 6.45) is 7.53. The molecule has 0 spiro atoms. The van der Waals surface area contributed by atoms with Crippen LogP contribution in [0.1, 0.15) is 12.8 Å². The average molecular weight is 392 g/mol. The molecular formula is C21H24N6O2. The number of aryl methyl sites for hydroxylation is 1. The van der Waals surface area contributed by atoms with Gasteiger partial charge in [-0.1, -0.05) is 0 Å². The Bertz CT molecular complexity index is 1170. The first-order valence-electron chi connectivity index (χ1n) is 10.1. The standard InChI is InChI=1S/C21H24N6O2/c1-24-14-23-18-12-16(4-5-17(18)20(24)28)25-8-10-26(11-9-25)19-21(29)27(7-6-22-19)13-15-2-3-15/h4-7,12,14-15H,2-3,8-11,13H2,1H3. The first-order chi connectivity index (χ1) is 14.1. The highest BCUT2D eigenvalue weighted by Gasteiger charge is 2.25. The molecule has 0 bridgehead atoms. The van der Waals surface area contributed by atoms with E-state index in [0.717, 1.165) is 38.4 Å². The molecule has 2 aromatic heterocycles. The minimum atomic E-state index is -0.0380. The van der Waals surface area contributed by atoms with Gasteiger partial charge >= 0.3 is 0 Å². The third-order valence-corrected chi connectivity index (χ3v) is 5.89. The molecule has 3 aromatic rings. The molecular weight excluding hydrogens is 368 g/mol. The quantitative estimate of drug-likeness (QED) is 0.665. The van der Waals surface area contributed by atoms with Crippen LogP contribution in [0.2, 0.25) is 0 Å². The predicted octanol–water partition coefficient (Wildman–Crippen LogP) is 1.23. The second-order valence-corrected chi connectivity index (χ2v) is 7.99. The molecule has 0 amide bonds. The van der Waals surface area contributed by atoms with Gasteiger partial charge in [0.1, 0.15) is 0 Å². The van der Waals surface area contributed by atoms with Crippen molar-refractivity contribution in [2.24, 2.45) is 13.0 Å². The molecule has 3 heterocycles. The van der Waals surface area contributed by atoms with Gasteiger partial charge in [-0.3, -0.25) is 9.59 Å². The van der Waals surface area contributed by atoms with Gasteiger partial charge in [-0.05, 0) is 37.0 Å². The van der Waals surface area contributed by atoms with E-state index in [2.05, 4.69) is 19.8 Å². The number of piperazine rings is 1. The lowest BCUT2D eigenvalue weighted by molar-refractivity contribution is 0.590. The number of hydrogen-bond acceptors (Lipinski definition) is 6. The van der Waals surface area contributed by atoms with Gasteiger partial charge in [0.15, 0.2) is 5.82 Å². The van der Waals surface area contributed by atoms with Crippen LogP contribution in [0.5, 0.6) is 0 Å². The Morgan fingerprint density at radius 1 is 1.00 bits per heavy atom. The molecule has 150 valence electrons. The average Bonchev–Trinajstić information content (AvgIpc) is 3.56. The molecule has 8 heteroatoms. The van der Waals surface area contributed by atoms with E-state index in [1.54, 1.807) is 25.8 Å². The number of benzene rings is 1. The molecule has 2 fully saturated rings. The molecule has 0 radical (unpaired) electrons. The number of anilines is 2. The lowest BCUT2D eigenvalue weighted by atomic mass is 10.2. The fourth-order valence-corrected chi connectivity index (χ4v) is 3.95. The zero-order valence-electron chi connectivity index (χ0n) is 16.5. The van der Waals surface area contributed by atoms with Crippen molar-refractivity contribution in [3.8, 4) is 0 Å². The Morgan fingerprint density at radius 2 is 1.76 bits per heavy atom. The summed E-state index contributed by atoms with van der Waals surface area (Å²) >= 11 is 0. The summed E-state index contributed by atoms with van der Waals surface area (Å²) in [6, 6.07) is 5.79. The van der Waals surface area contributed by atoms with Gasteiger partial charge < -0.3 is 18.9 Å². The summed E-state index contributed by atoms with van der Waals surface area (Å²) in [4.78, 5) is 38.1. The van der Waals surface area contributed by atoms with Crippen molar-refractivity contribution >= 4 is 22.4 Å². The second-order valence-electron chi connectivity index (χ2n) is 7.99. The topological polar surface area (TPSA) is 76.3 Å². The van der Waals surface area contributed by atoms with Crippen LogP contribution >= 0.6 is 0 Å². The Hall–Kier alpha value is -3.16. The molecule has 1 aromatic carbocycles. The van der Waals surface area contributed by atoms with E-state index in [1.165, 1.54) is 17.4 Å². The van der Waals surface area contributed by atoms with E-state index >= 15 is 0 Å². The third kappa shape index (κ3) is 3.39. The fraction of sp³-hybridized carbons (Fsp3) is 0.429. The first-order valence-corrected chi connectivity index (χ1v) is 10.1. The fourth-order valence-electron chi connectivity index (χ4n) is 3.95. The van der Waals surface area contributed by atoms with Crippen molar-refractivity contribution < 1.29 is 0 Å². The molecule has 5 rings (SSSR count). The van der Waals surface area contributed by atoms with Gasteiger partial charge in [0, 0.05) is 57.9 Å². The summed E-state index contributed by atoms with van der Waals surface area (Å²) in [5.41, 5.74) is 1.73. The van der Waals surface area contributed by atoms with Crippen LogP contribution in [0.15, 0.2) is 46.5 Å². The molecule has 1 aliphatic carbocycles. The van der Waals surface area contributed by atoms with Crippen LogP contribution in [0.25, 0.3) is 10.9 Å². The van der Waals surface area contributed by atoms with Gasteiger partial charge in [0.25, 0.3) is 11.1 Å². The summed E-state index contributed by atoms with van der Waals surface area (Å²) in [5, 5.41) is 0.627. The largest absolute Gasteiger partial charge is 0.368 e. The van der Waals surface area contributed by atoms with Crippen LogP contribution in [-0.4, -0.2) is 45.3 Å². The Balaban J connectivity index is 1.33. The molecule has 8 nitrogen and oxygen atoms in total. The van der Waals surface area contributed by atoms with Crippen LogP contribution < -0.4 is 20.9 Å².